The van der Waals surface area contributed by atoms with Crippen LogP contribution in [-0.2, 0) is 12.6 Å². The number of nitrogens with one attached hydrogen (secondary N) is 1. The second-order valence-electron chi connectivity index (χ2n) is 8.08. The van der Waals surface area contributed by atoms with Gasteiger partial charge in [-0.05, 0) is 74.2 Å². The molecule has 0 fully saturated rings. The number of benzene rings is 2. The first kappa shape index (κ1) is 22.5. The van der Waals surface area contributed by atoms with E-state index in [9.17, 15) is 27.6 Å². The number of Topliss-reactive ketones (excluding diaryl/α,β-unsaturated/α-hetero) is 1. The van der Waals surface area contributed by atoms with Gasteiger partial charge >= 0.3 is 6.18 Å². The van der Waals surface area contributed by atoms with Crippen LogP contribution >= 0.6 is 0 Å². The van der Waals surface area contributed by atoms with Crippen molar-refractivity contribution in [3.8, 4) is 5.69 Å². The Kier molecular flexibility index (Phi) is 5.69. The summed E-state index contributed by atoms with van der Waals surface area (Å²) in [5.41, 5.74) is 1.35. The van der Waals surface area contributed by atoms with Gasteiger partial charge in [-0.1, -0.05) is 12.1 Å². The van der Waals surface area contributed by atoms with Gasteiger partial charge in [0.05, 0.1) is 5.56 Å². The van der Waals surface area contributed by atoms with Crippen LogP contribution in [0.3, 0.4) is 0 Å². The summed E-state index contributed by atoms with van der Waals surface area (Å²) in [6, 6.07) is 10.8. The van der Waals surface area contributed by atoms with Crippen LogP contribution in [-0.4, -0.2) is 16.3 Å². The second-order valence-corrected chi connectivity index (χ2v) is 8.08. The molecule has 0 unspecified atom stereocenters. The lowest BCUT2D eigenvalue weighted by Crippen LogP contribution is -2.33. The Morgan fingerprint density at radius 3 is 2.36 bits per heavy atom. The van der Waals surface area contributed by atoms with Crippen molar-refractivity contribution in [2.75, 3.05) is 5.32 Å². The van der Waals surface area contributed by atoms with Gasteiger partial charge in [-0.15, -0.1) is 0 Å². The van der Waals surface area contributed by atoms with Gasteiger partial charge in [0, 0.05) is 29.1 Å². The minimum atomic E-state index is -4.52. The van der Waals surface area contributed by atoms with E-state index in [1.807, 2.05) is 19.9 Å². The zero-order valence-corrected chi connectivity index (χ0v) is 18.0. The molecule has 5 nitrogen and oxygen atoms in total. The predicted octanol–water partition coefficient (Wildman–Crippen LogP) is 5.24. The molecule has 1 amide bonds. The number of alkyl halides is 3. The Hall–Kier alpha value is -3.68. The summed E-state index contributed by atoms with van der Waals surface area (Å²) < 4.78 is 40.2. The average Bonchev–Trinajstić information content (AvgIpc) is 2.76. The Bertz CT molecular complexity index is 1320. The quantitative estimate of drug-likeness (QED) is 0.588. The van der Waals surface area contributed by atoms with Gasteiger partial charge in [0.2, 0.25) is 0 Å². The molecule has 4 rings (SSSR count). The lowest BCUT2D eigenvalue weighted by Gasteiger charge is -2.22. The van der Waals surface area contributed by atoms with Gasteiger partial charge in [0.1, 0.15) is 5.56 Å². The molecule has 1 aromatic heterocycles. The van der Waals surface area contributed by atoms with Crippen molar-refractivity contribution >= 4 is 17.4 Å². The molecular weight excluding hydrogens is 433 g/mol. The fraction of sp³-hybridized carbons (Fsp3) is 0.240. The van der Waals surface area contributed by atoms with Crippen LogP contribution in [0.2, 0.25) is 0 Å². The van der Waals surface area contributed by atoms with E-state index in [0.29, 0.717) is 24.2 Å². The minimum absolute atomic E-state index is 0.167. The molecule has 3 aromatic rings. The number of ketones is 1. The number of rotatable bonds is 3. The first-order valence-corrected chi connectivity index (χ1v) is 10.4. The van der Waals surface area contributed by atoms with Crippen molar-refractivity contribution in [2.45, 2.75) is 39.3 Å². The number of aryl methyl sites for hydroxylation is 1. The lowest BCUT2D eigenvalue weighted by molar-refractivity contribution is -0.137. The number of aromatic nitrogens is 1. The molecule has 170 valence electrons. The van der Waals surface area contributed by atoms with Crippen LogP contribution in [0.25, 0.3) is 5.69 Å². The van der Waals surface area contributed by atoms with E-state index in [0.717, 1.165) is 23.3 Å². The number of carbonyl (C=O) groups excluding carboxylic acids is 2. The van der Waals surface area contributed by atoms with Crippen molar-refractivity contribution in [3.63, 3.8) is 0 Å². The molecule has 1 heterocycles. The maximum atomic E-state index is 13.4. The molecule has 8 heteroatoms. The van der Waals surface area contributed by atoms with E-state index in [4.69, 9.17) is 0 Å². The van der Waals surface area contributed by atoms with Crippen LogP contribution in [0.15, 0.2) is 53.3 Å². The van der Waals surface area contributed by atoms with Crippen molar-refractivity contribution in [1.29, 1.82) is 0 Å². The molecule has 1 aliphatic rings. The molecule has 1 aliphatic carbocycles. The van der Waals surface area contributed by atoms with Gasteiger partial charge in [-0.25, -0.2) is 0 Å². The Morgan fingerprint density at radius 1 is 1.00 bits per heavy atom. The van der Waals surface area contributed by atoms with Crippen LogP contribution in [0.5, 0.6) is 0 Å². The average molecular weight is 454 g/mol. The number of halogens is 3. The summed E-state index contributed by atoms with van der Waals surface area (Å²) in [5.74, 6) is -0.895. The third kappa shape index (κ3) is 4.20. The predicted molar refractivity (Wildman–Crippen MR) is 118 cm³/mol. The van der Waals surface area contributed by atoms with E-state index in [-0.39, 0.29) is 29.0 Å². The maximum absolute atomic E-state index is 13.4. The molecule has 33 heavy (non-hydrogen) atoms. The van der Waals surface area contributed by atoms with Crippen LogP contribution in [0.4, 0.5) is 18.9 Å². The highest BCUT2D eigenvalue weighted by Gasteiger charge is 2.31. The first-order valence-electron chi connectivity index (χ1n) is 10.4. The topological polar surface area (TPSA) is 68.2 Å². The van der Waals surface area contributed by atoms with Gasteiger partial charge in [0.15, 0.2) is 5.78 Å². The van der Waals surface area contributed by atoms with E-state index in [1.54, 1.807) is 12.1 Å². The molecule has 1 N–H and O–H groups in total. The molecule has 0 spiro atoms. The highest BCUT2D eigenvalue weighted by molar-refractivity contribution is 6.07. The third-order valence-electron chi connectivity index (χ3n) is 5.97. The van der Waals surface area contributed by atoms with E-state index in [1.165, 1.54) is 22.8 Å². The van der Waals surface area contributed by atoms with E-state index in [2.05, 4.69) is 5.32 Å². The van der Waals surface area contributed by atoms with Crippen LogP contribution in [0, 0.1) is 13.8 Å². The van der Waals surface area contributed by atoms with E-state index < -0.39 is 23.2 Å². The number of fused-ring (bicyclic) bond motifs is 1. The third-order valence-corrected chi connectivity index (χ3v) is 5.97. The van der Waals surface area contributed by atoms with Gasteiger partial charge < -0.3 is 5.32 Å². The molecule has 0 aliphatic heterocycles. The number of pyridine rings is 1. The number of hydrogen-bond acceptors (Lipinski definition) is 3. The standard InChI is InChI=1S/C25H21F3N2O3/c1-14-5-3-6-20(15(14)2)29-23(32)19-13-18-21(7-4-8-22(18)31)30(24(19)33)17-11-9-16(10-12-17)25(26,27)28/h3,5-6,9-13H,4,7-8H2,1-2H3,(H,29,32). The highest BCUT2D eigenvalue weighted by atomic mass is 19.4. The summed E-state index contributed by atoms with van der Waals surface area (Å²) >= 11 is 0. The minimum Gasteiger partial charge on any atom is -0.322 e. The van der Waals surface area contributed by atoms with Crippen molar-refractivity contribution in [3.05, 3.63) is 92.4 Å². The normalized spacial score (nSPS) is 13.5. The Morgan fingerprint density at radius 2 is 1.70 bits per heavy atom. The van der Waals surface area contributed by atoms with Crippen molar-refractivity contribution in [1.82, 2.24) is 4.57 Å². The molecule has 2 aromatic carbocycles. The Labute approximate surface area is 187 Å². The second kappa shape index (κ2) is 8.35. The largest absolute Gasteiger partial charge is 0.416 e. The number of amides is 1. The van der Waals surface area contributed by atoms with Gasteiger partial charge in [0.25, 0.3) is 11.5 Å². The lowest BCUT2D eigenvalue weighted by atomic mass is 9.92. The molecule has 0 bridgehead atoms. The summed E-state index contributed by atoms with van der Waals surface area (Å²) in [5, 5.41) is 2.73. The zero-order chi connectivity index (χ0) is 23.9. The van der Waals surface area contributed by atoms with E-state index >= 15 is 0 Å². The monoisotopic (exact) mass is 454 g/mol. The van der Waals surface area contributed by atoms with Crippen molar-refractivity contribution < 1.29 is 22.8 Å². The number of anilines is 1. The molecule has 0 saturated heterocycles. The fourth-order valence-electron chi connectivity index (χ4n) is 4.00. The fourth-order valence-corrected chi connectivity index (χ4v) is 4.00. The first-order chi connectivity index (χ1) is 15.6. The zero-order valence-electron chi connectivity index (χ0n) is 18.0. The van der Waals surface area contributed by atoms with Gasteiger partial charge in [-0.3, -0.25) is 19.0 Å². The summed E-state index contributed by atoms with van der Waals surface area (Å²) in [7, 11) is 0. The number of hydrogen-bond donors (Lipinski definition) is 1. The van der Waals surface area contributed by atoms with Crippen LogP contribution < -0.4 is 10.9 Å². The van der Waals surface area contributed by atoms with Crippen LogP contribution in [0.1, 0.15) is 55.9 Å². The highest BCUT2D eigenvalue weighted by Crippen LogP contribution is 2.30. The van der Waals surface area contributed by atoms with Crippen molar-refractivity contribution in [2.24, 2.45) is 0 Å². The molecular formula is C25H21F3N2O3. The molecule has 0 atom stereocenters. The number of nitrogens with zero attached hydrogens (tertiary/aromatic N) is 1. The smallest absolute Gasteiger partial charge is 0.322 e. The summed E-state index contributed by atoms with van der Waals surface area (Å²) in [4.78, 5) is 39.1. The summed E-state index contributed by atoms with van der Waals surface area (Å²) in [6.07, 6.45) is -3.33. The summed E-state index contributed by atoms with van der Waals surface area (Å²) in [6.45, 7) is 3.72. The SMILES string of the molecule is Cc1cccc(NC(=O)c2cc3c(n(-c4ccc(C(F)(F)F)cc4)c2=O)CCCC3=O)c1C. The molecule has 0 saturated carbocycles. The number of carbonyl (C=O) groups is 2. The van der Waals surface area contributed by atoms with Gasteiger partial charge in [-0.2, -0.15) is 13.2 Å². The maximum Gasteiger partial charge on any atom is 0.416 e. The Balaban J connectivity index is 1.85. The molecule has 0 radical (unpaired) electrons.